The summed E-state index contributed by atoms with van der Waals surface area (Å²) in [4.78, 5) is 14.4. The second-order valence-corrected chi connectivity index (χ2v) is 12.2. The number of hydrogen-bond donors (Lipinski definition) is 1. The summed E-state index contributed by atoms with van der Waals surface area (Å²) in [7, 11) is 0. The molecule has 0 saturated heterocycles. The Kier molecular flexibility index (Phi) is 9.90. The van der Waals surface area contributed by atoms with E-state index in [1.807, 2.05) is 84.9 Å². The molecule has 0 atom stereocenters. The Balaban J connectivity index is 1.43. The van der Waals surface area contributed by atoms with E-state index in [4.69, 9.17) is 16.3 Å². The number of nitrogens with zero attached hydrogens (tertiary/aromatic N) is 1. The summed E-state index contributed by atoms with van der Waals surface area (Å²) in [6, 6.07) is 31.2. The SMILES string of the molecule is CC(c1ccccc1)(c1ccccc1)N(CCCOc1cccc(C2(C(=O)O)CCCC2)c1)Cc1cccc(C(F)(F)F)c1Cl. The van der Waals surface area contributed by atoms with Crippen molar-refractivity contribution in [3.8, 4) is 5.75 Å². The van der Waals surface area contributed by atoms with Gasteiger partial charge in [0, 0.05) is 13.1 Å². The number of aliphatic carboxylic acids is 1. The zero-order valence-electron chi connectivity index (χ0n) is 25.2. The molecule has 0 spiro atoms. The number of benzene rings is 4. The van der Waals surface area contributed by atoms with Gasteiger partial charge in [0.25, 0.3) is 0 Å². The molecule has 0 amide bonds. The predicted octanol–water partition coefficient (Wildman–Crippen LogP) is 9.49. The first-order chi connectivity index (χ1) is 21.6. The molecule has 1 aliphatic carbocycles. The maximum absolute atomic E-state index is 13.8. The van der Waals surface area contributed by atoms with Crippen LogP contribution < -0.4 is 4.74 Å². The predicted molar refractivity (Wildman–Crippen MR) is 171 cm³/mol. The van der Waals surface area contributed by atoms with E-state index in [1.54, 1.807) is 6.07 Å². The maximum atomic E-state index is 13.8. The van der Waals surface area contributed by atoms with E-state index in [0.29, 0.717) is 43.7 Å². The Morgan fingerprint density at radius 2 is 1.49 bits per heavy atom. The molecule has 5 rings (SSSR count). The zero-order valence-corrected chi connectivity index (χ0v) is 26.0. The van der Waals surface area contributed by atoms with Crippen LogP contribution in [0.15, 0.2) is 103 Å². The molecule has 0 aliphatic heterocycles. The molecule has 1 N–H and O–H groups in total. The fourth-order valence-corrected chi connectivity index (χ4v) is 6.87. The highest BCUT2D eigenvalue weighted by atomic mass is 35.5. The summed E-state index contributed by atoms with van der Waals surface area (Å²) < 4.78 is 47.5. The molecule has 1 fully saturated rings. The first-order valence-electron chi connectivity index (χ1n) is 15.2. The minimum absolute atomic E-state index is 0.166. The third-order valence-corrected chi connectivity index (χ3v) is 9.59. The van der Waals surface area contributed by atoms with E-state index in [0.717, 1.165) is 35.6 Å². The van der Waals surface area contributed by atoms with Crippen LogP contribution in [0.4, 0.5) is 13.2 Å². The lowest BCUT2D eigenvalue weighted by Crippen LogP contribution is -2.45. The molecular weight excluding hydrogens is 599 g/mol. The second kappa shape index (κ2) is 13.7. The Labute approximate surface area is 267 Å². The topological polar surface area (TPSA) is 49.8 Å². The number of halogens is 4. The van der Waals surface area contributed by atoms with Gasteiger partial charge in [-0.05, 0) is 66.6 Å². The number of rotatable bonds is 12. The highest BCUT2D eigenvalue weighted by molar-refractivity contribution is 6.32. The minimum Gasteiger partial charge on any atom is -0.494 e. The van der Waals surface area contributed by atoms with Crippen LogP contribution in [0, 0.1) is 0 Å². The summed E-state index contributed by atoms with van der Waals surface area (Å²) in [5.41, 5.74) is 0.670. The normalized spacial score (nSPS) is 14.9. The number of carboxylic acid groups (broad SMARTS) is 1. The number of alkyl halides is 3. The van der Waals surface area contributed by atoms with Gasteiger partial charge in [0.2, 0.25) is 0 Å². The van der Waals surface area contributed by atoms with E-state index >= 15 is 0 Å². The Hall–Kier alpha value is -3.81. The summed E-state index contributed by atoms with van der Waals surface area (Å²) >= 11 is 6.41. The summed E-state index contributed by atoms with van der Waals surface area (Å²) in [5.74, 6) is -0.205. The molecule has 0 unspecified atom stereocenters. The van der Waals surface area contributed by atoms with E-state index in [-0.39, 0.29) is 11.6 Å². The Bertz CT molecular complexity index is 1550. The molecule has 236 valence electrons. The first kappa shape index (κ1) is 32.6. The highest BCUT2D eigenvalue weighted by Gasteiger charge is 2.43. The molecule has 0 aromatic heterocycles. The lowest BCUT2D eigenvalue weighted by molar-refractivity contribution is -0.143. The Morgan fingerprint density at radius 1 is 0.889 bits per heavy atom. The van der Waals surface area contributed by atoms with Crippen molar-refractivity contribution >= 4 is 17.6 Å². The van der Waals surface area contributed by atoms with Gasteiger partial charge in [0.05, 0.1) is 28.1 Å². The van der Waals surface area contributed by atoms with Crippen LogP contribution in [0.3, 0.4) is 0 Å². The summed E-state index contributed by atoms with van der Waals surface area (Å²) in [6.45, 7) is 3.05. The molecule has 4 aromatic carbocycles. The lowest BCUT2D eigenvalue weighted by Gasteiger charge is -2.43. The first-order valence-corrected chi connectivity index (χ1v) is 15.6. The van der Waals surface area contributed by atoms with Gasteiger partial charge >= 0.3 is 12.1 Å². The average molecular weight is 636 g/mol. The summed E-state index contributed by atoms with van der Waals surface area (Å²) in [5, 5.41) is 9.73. The molecular formula is C37H37ClF3NO3. The van der Waals surface area contributed by atoms with Crippen LogP contribution in [0.25, 0.3) is 0 Å². The third kappa shape index (κ3) is 6.90. The zero-order chi connectivity index (χ0) is 32.1. The minimum atomic E-state index is -4.57. The van der Waals surface area contributed by atoms with Gasteiger partial charge in [0.1, 0.15) is 5.75 Å². The lowest BCUT2D eigenvalue weighted by atomic mass is 9.79. The van der Waals surface area contributed by atoms with E-state index in [2.05, 4.69) is 11.8 Å². The van der Waals surface area contributed by atoms with Crippen molar-refractivity contribution in [1.82, 2.24) is 4.90 Å². The van der Waals surface area contributed by atoms with Crippen molar-refractivity contribution in [1.29, 1.82) is 0 Å². The standard InChI is InChI=1S/C37H37ClF3NO3/c1-35(28-14-4-2-5-15-28,29-16-6-3-7-17-29)42(26-27-13-10-20-32(33(27)38)37(39,40)41)23-12-24-45-31-19-11-18-30(25-31)36(34(43)44)21-8-9-22-36/h2-7,10-11,13-20,25H,8-9,12,21-24,26H2,1H3,(H,43,44). The van der Waals surface area contributed by atoms with Crippen molar-refractivity contribution in [2.24, 2.45) is 0 Å². The van der Waals surface area contributed by atoms with Gasteiger partial charge in [-0.3, -0.25) is 9.69 Å². The van der Waals surface area contributed by atoms with Crippen LogP contribution in [0.5, 0.6) is 5.75 Å². The average Bonchev–Trinajstić information content (AvgIpc) is 3.55. The molecule has 1 saturated carbocycles. The van der Waals surface area contributed by atoms with Gasteiger partial charge in [-0.2, -0.15) is 13.2 Å². The maximum Gasteiger partial charge on any atom is 0.417 e. The van der Waals surface area contributed by atoms with Gasteiger partial charge in [-0.1, -0.05) is 109 Å². The van der Waals surface area contributed by atoms with Crippen LogP contribution in [-0.4, -0.2) is 29.1 Å². The number of hydrogen-bond acceptors (Lipinski definition) is 3. The van der Waals surface area contributed by atoms with Crippen molar-refractivity contribution in [2.45, 2.75) is 62.7 Å². The molecule has 0 bridgehead atoms. The fourth-order valence-electron chi connectivity index (χ4n) is 6.58. The van der Waals surface area contributed by atoms with Crippen molar-refractivity contribution in [3.63, 3.8) is 0 Å². The molecule has 4 nitrogen and oxygen atoms in total. The van der Waals surface area contributed by atoms with E-state index < -0.39 is 28.7 Å². The Morgan fingerprint density at radius 3 is 2.07 bits per heavy atom. The number of ether oxygens (including phenoxy) is 1. The smallest absolute Gasteiger partial charge is 0.417 e. The number of carbonyl (C=O) groups is 1. The van der Waals surface area contributed by atoms with Crippen LogP contribution in [-0.2, 0) is 28.5 Å². The van der Waals surface area contributed by atoms with Crippen molar-refractivity contribution < 1.29 is 27.8 Å². The van der Waals surface area contributed by atoms with Gasteiger partial charge < -0.3 is 9.84 Å². The fraction of sp³-hybridized carbons (Fsp3) is 0.324. The largest absolute Gasteiger partial charge is 0.494 e. The van der Waals surface area contributed by atoms with Crippen LogP contribution in [0.2, 0.25) is 5.02 Å². The quantitative estimate of drug-likeness (QED) is 0.158. The number of carboxylic acids is 1. The van der Waals surface area contributed by atoms with Crippen molar-refractivity contribution in [2.75, 3.05) is 13.2 Å². The third-order valence-electron chi connectivity index (χ3n) is 9.14. The molecule has 45 heavy (non-hydrogen) atoms. The van der Waals surface area contributed by atoms with Crippen LogP contribution >= 0.6 is 11.6 Å². The van der Waals surface area contributed by atoms with E-state index in [9.17, 15) is 23.1 Å². The summed E-state index contributed by atoms with van der Waals surface area (Å²) in [6.07, 6.45) is -1.04. The molecule has 0 heterocycles. The van der Waals surface area contributed by atoms with Crippen molar-refractivity contribution in [3.05, 3.63) is 136 Å². The van der Waals surface area contributed by atoms with Gasteiger partial charge in [0.15, 0.2) is 0 Å². The second-order valence-electron chi connectivity index (χ2n) is 11.8. The molecule has 0 radical (unpaired) electrons. The monoisotopic (exact) mass is 635 g/mol. The molecule has 8 heteroatoms. The highest BCUT2D eigenvalue weighted by Crippen LogP contribution is 2.43. The van der Waals surface area contributed by atoms with Gasteiger partial charge in [-0.25, -0.2) is 0 Å². The van der Waals surface area contributed by atoms with E-state index in [1.165, 1.54) is 6.07 Å². The molecule has 4 aromatic rings. The van der Waals surface area contributed by atoms with Crippen LogP contribution in [0.1, 0.15) is 66.8 Å². The van der Waals surface area contributed by atoms with Gasteiger partial charge in [-0.15, -0.1) is 0 Å². The molecule has 1 aliphatic rings.